The second kappa shape index (κ2) is 6.79. The van der Waals surface area contributed by atoms with Gasteiger partial charge in [0.25, 0.3) is 0 Å². The van der Waals surface area contributed by atoms with Crippen molar-refractivity contribution in [3.8, 4) is 5.75 Å². The molecule has 1 aliphatic rings. The molecule has 18 heavy (non-hydrogen) atoms. The molecule has 2 atom stereocenters. The summed E-state index contributed by atoms with van der Waals surface area (Å²) in [6.45, 7) is 0. The van der Waals surface area contributed by atoms with Crippen LogP contribution in [0, 0.1) is 5.92 Å². The Morgan fingerprint density at radius 2 is 1.83 bits per heavy atom. The maximum absolute atomic E-state index is 6.27. The van der Waals surface area contributed by atoms with Gasteiger partial charge in [-0.25, -0.2) is 0 Å². The van der Waals surface area contributed by atoms with Crippen LogP contribution in [0.3, 0.4) is 0 Å². The number of ether oxygens (including phenoxy) is 1. The molecular weight excluding hydrogens is 222 g/mol. The Kier molecular flexibility index (Phi) is 5.06. The highest BCUT2D eigenvalue weighted by Crippen LogP contribution is 2.26. The molecule has 2 heteroatoms. The zero-order valence-corrected chi connectivity index (χ0v) is 11.4. The average Bonchev–Trinajstić information content (AvgIpc) is 2.62. The second-order valence-corrected chi connectivity index (χ2v) is 5.45. The molecule has 2 N–H and O–H groups in total. The van der Waals surface area contributed by atoms with E-state index in [1.807, 2.05) is 12.1 Å². The van der Waals surface area contributed by atoms with Crippen LogP contribution in [0.25, 0.3) is 0 Å². The summed E-state index contributed by atoms with van der Waals surface area (Å²) in [5.41, 5.74) is 7.66. The first-order chi connectivity index (χ1) is 8.79. The lowest BCUT2D eigenvalue weighted by Gasteiger charge is -2.21. The highest BCUT2D eigenvalue weighted by molar-refractivity contribution is 5.27. The van der Waals surface area contributed by atoms with E-state index in [2.05, 4.69) is 12.1 Å². The Morgan fingerprint density at radius 3 is 2.56 bits per heavy atom. The van der Waals surface area contributed by atoms with E-state index in [1.54, 1.807) is 7.11 Å². The normalized spacial score (nSPS) is 24.6. The number of nitrogens with two attached hydrogens (primary N) is 1. The van der Waals surface area contributed by atoms with E-state index in [4.69, 9.17) is 10.5 Å². The minimum atomic E-state index is 0.422. The fraction of sp³-hybridized carbons (Fsp3) is 0.625. The van der Waals surface area contributed by atoms with Gasteiger partial charge in [-0.3, -0.25) is 0 Å². The molecule has 0 saturated heterocycles. The van der Waals surface area contributed by atoms with E-state index in [-0.39, 0.29) is 0 Å². The number of aryl methyl sites for hydroxylation is 1. The third-order valence-electron chi connectivity index (χ3n) is 4.18. The molecule has 0 amide bonds. The van der Waals surface area contributed by atoms with Crippen LogP contribution in [-0.2, 0) is 6.42 Å². The fourth-order valence-corrected chi connectivity index (χ4v) is 2.92. The van der Waals surface area contributed by atoms with Crippen molar-refractivity contribution < 1.29 is 4.74 Å². The van der Waals surface area contributed by atoms with Crippen LogP contribution < -0.4 is 10.5 Å². The average molecular weight is 247 g/mol. The first-order valence-electron chi connectivity index (χ1n) is 7.18. The molecule has 2 nitrogen and oxygen atoms in total. The molecule has 0 heterocycles. The quantitative estimate of drug-likeness (QED) is 0.826. The largest absolute Gasteiger partial charge is 0.497 e. The molecule has 2 rings (SSSR count). The van der Waals surface area contributed by atoms with Crippen LogP contribution in [0.4, 0.5) is 0 Å². The number of hydrogen-bond donors (Lipinski definition) is 1. The van der Waals surface area contributed by atoms with E-state index in [0.717, 1.165) is 18.1 Å². The first-order valence-corrected chi connectivity index (χ1v) is 7.18. The van der Waals surface area contributed by atoms with Crippen LogP contribution in [0.5, 0.6) is 5.75 Å². The van der Waals surface area contributed by atoms with Crippen molar-refractivity contribution >= 4 is 0 Å². The molecule has 1 aromatic carbocycles. The van der Waals surface area contributed by atoms with E-state index < -0.39 is 0 Å². The number of methoxy groups -OCH3 is 1. The van der Waals surface area contributed by atoms with Crippen LogP contribution in [0.1, 0.15) is 44.1 Å². The predicted molar refractivity (Wildman–Crippen MR) is 75.9 cm³/mol. The van der Waals surface area contributed by atoms with Crippen molar-refractivity contribution in [1.82, 2.24) is 0 Å². The monoisotopic (exact) mass is 247 g/mol. The van der Waals surface area contributed by atoms with E-state index >= 15 is 0 Å². The van der Waals surface area contributed by atoms with Crippen molar-refractivity contribution in [1.29, 1.82) is 0 Å². The Morgan fingerprint density at radius 1 is 1.11 bits per heavy atom. The molecule has 1 aliphatic carbocycles. The predicted octanol–water partition coefficient (Wildman–Crippen LogP) is 3.54. The van der Waals surface area contributed by atoms with Gasteiger partial charge in [-0.05, 0) is 49.3 Å². The zero-order valence-electron chi connectivity index (χ0n) is 11.4. The summed E-state index contributed by atoms with van der Waals surface area (Å²) in [6.07, 6.45) is 8.95. The molecule has 0 aromatic heterocycles. The van der Waals surface area contributed by atoms with Crippen LogP contribution in [0.15, 0.2) is 24.3 Å². The topological polar surface area (TPSA) is 35.2 Å². The van der Waals surface area contributed by atoms with Crippen molar-refractivity contribution in [3.63, 3.8) is 0 Å². The molecule has 1 aromatic rings. The van der Waals surface area contributed by atoms with Gasteiger partial charge in [0, 0.05) is 6.04 Å². The van der Waals surface area contributed by atoms with E-state index in [0.29, 0.717) is 6.04 Å². The van der Waals surface area contributed by atoms with Crippen LogP contribution in [-0.4, -0.2) is 13.2 Å². The molecule has 0 bridgehead atoms. The summed E-state index contributed by atoms with van der Waals surface area (Å²) >= 11 is 0. The number of benzene rings is 1. The van der Waals surface area contributed by atoms with Crippen molar-refractivity contribution in [2.45, 2.75) is 51.0 Å². The summed E-state index contributed by atoms with van der Waals surface area (Å²) in [5, 5.41) is 0. The maximum Gasteiger partial charge on any atom is 0.118 e. The molecule has 100 valence electrons. The molecule has 0 radical (unpaired) electrons. The summed E-state index contributed by atoms with van der Waals surface area (Å²) in [4.78, 5) is 0. The van der Waals surface area contributed by atoms with Gasteiger partial charge in [0.2, 0.25) is 0 Å². The molecule has 0 aliphatic heterocycles. The second-order valence-electron chi connectivity index (χ2n) is 5.45. The third kappa shape index (κ3) is 3.74. The maximum atomic E-state index is 6.27. The van der Waals surface area contributed by atoms with Gasteiger partial charge in [0.15, 0.2) is 0 Å². The molecular formula is C16H25NO. The van der Waals surface area contributed by atoms with Crippen LogP contribution >= 0.6 is 0 Å². The highest BCUT2D eigenvalue weighted by atomic mass is 16.5. The summed E-state index contributed by atoms with van der Waals surface area (Å²) in [7, 11) is 1.71. The smallest absolute Gasteiger partial charge is 0.118 e. The Hall–Kier alpha value is -1.02. The van der Waals surface area contributed by atoms with Gasteiger partial charge in [0.05, 0.1) is 7.11 Å². The van der Waals surface area contributed by atoms with Crippen molar-refractivity contribution in [2.75, 3.05) is 7.11 Å². The minimum absolute atomic E-state index is 0.422. The Balaban J connectivity index is 1.85. The minimum Gasteiger partial charge on any atom is -0.497 e. The summed E-state index contributed by atoms with van der Waals surface area (Å²) in [6, 6.07) is 8.85. The van der Waals surface area contributed by atoms with Gasteiger partial charge >= 0.3 is 0 Å². The van der Waals surface area contributed by atoms with Crippen molar-refractivity contribution in [2.24, 2.45) is 11.7 Å². The van der Waals surface area contributed by atoms with Crippen molar-refractivity contribution in [3.05, 3.63) is 29.8 Å². The fourth-order valence-electron chi connectivity index (χ4n) is 2.92. The molecule has 1 fully saturated rings. The van der Waals surface area contributed by atoms with Gasteiger partial charge in [-0.15, -0.1) is 0 Å². The van der Waals surface area contributed by atoms with E-state index in [1.165, 1.54) is 44.1 Å². The lowest BCUT2D eigenvalue weighted by Crippen LogP contribution is -2.29. The molecule has 2 unspecified atom stereocenters. The summed E-state index contributed by atoms with van der Waals surface area (Å²) < 4.78 is 5.18. The third-order valence-corrected chi connectivity index (χ3v) is 4.18. The lowest BCUT2D eigenvalue weighted by molar-refractivity contribution is 0.373. The highest BCUT2D eigenvalue weighted by Gasteiger charge is 2.19. The molecule has 1 saturated carbocycles. The van der Waals surface area contributed by atoms with Gasteiger partial charge in [-0.1, -0.05) is 31.4 Å². The van der Waals surface area contributed by atoms with Crippen LogP contribution in [0.2, 0.25) is 0 Å². The van der Waals surface area contributed by atoms with Gasteiger partial charge in [-0.2, -0.15) is 0 Å². The summed E-state index contributed by atoms with van der Waals surface area (Å²) in [5.74, 6) is 1.65. The Bertz CT molecular complexity index is 347. The molecule has 0 spiro atoms. The first kappa shape index (κ1) is 13.4. The SMILES string of the molecule is COc1ccc(CCC2CCCCCC2N)cc1. The van der Waals surface area contributed by atoms with E-state index in [9.17, 15) is 0 Å². The standard InChI is InChI=1S/C16H25NO/c1-18-15-11-8-13(9-12-15)7-10-14-5-3-2-4-6-16(14)17/h8-9,11-12,14,16H,2-7,10,17H2,1H3. The van der Waals surface area contributed by atoms with Gasteiger partial charge in [0.1, 0.15) is 5.75 Å². The van der Waals surface area contributed by atoms with Gasteiger partial charge < -0.3 is 10.5 Å². The number of hydrogen-bond acceptors (Lipinski definition) is 2. The Labute approximate surface area is 111 Å². The zero-order chi connectivity index (χ0) is 12.8. The number of rotatable bonds is 4. The lowest BCUT2D eigenvalue weighted by atomic mass is 9.89.